The van der Waals surface area contributed by atoms with Crippen LogP contribution in [0.25, 0.3) is 0 Å². The van der Waals surface area contributed by atoms with Crippen molar-refractivity contribution >= 4 is 9.84 Å². The van der Waals surface area contributed by atoms with Gasteiger partial charge in [-0.1, -0.05) is 0 Å². The van der Waals surface area contributed by atoms with Crippen LogP contribution in [-0.4, -0.2) is 26.0 Å². The molecule has 0 spiro atoms. The first kappa shape index (κ1) is 11.6. The average molecular weight is 218 g/mol. The van der Waals surface area contributed by atoms with Gasteiger partial charge in [-0.05, 0) is 38.7 Å². The average Bonchev–Trinajstić information content (AvgIpc) is 2.39. The van der Waals surface area contributed by atoms with Gasteiger partial charge in [0, 0.05) is 0 Å². The molecule has 1 heterocycles. The lowest BCUT2D eigenvalue weighted by atomic mass is 10.2. The van der Waals surface area contributed by atoms with E-state index in [9.17, 15) is 8.42 Å². The van der Waals surface area contributed by atoms with E-state index in [1.807, 2.05) is 13.8 Å². The van der Waals surface area contributed by atoms with Gasteiger partial charge in [-0.2, -0.15) is 0 Å². The summed E-state index contributed by atoms with van der Waals surface area (Å²) in [5.41, 5.74) is 1.10. The Kier molecular flexibility index (Phi) is 3.98. The van der Waals surface area contributed by atoms with Crippen molar-refractivity contribution in [3.8, 4) is 0 Å². The van der Waals surface area contributed by atoms with E-state index in [2.05, 4.69) is 0 Å². The monoisotopic (exact) mass is 218 g/mol. The first-order chi connectivity index (χ1) is 6.52. The van der Waals surface area contributed by atoms with Gasteiger partial charge >= 0.3 is 0 Å². The minimum absolute atomic E-state index is 0.159. The lowest BCUT2D eigenvalue weighted by Crippen LogP contribution is -2.17. The highest BCUT2D eigenvalue weighted by atomic mass is 32.2. The van der Waals surface area contributed by atoms with Crippen LogP contribution in [0.15, 0.2) is 11.8 Å². The molecule has 1 saturated heterocycles. The molecule has 0 aromatic heterocycles. The van der Waals surface area contributed by atoms with Crippen LogP contribution in [-0.2, 0) is 14.6 Å². The van der Waals surface area contributed by atoms with Gasteiger partial charge < -0.3 is 4.74 Å². The molecule has 3 nitrogen and oxygen atoms in total. The molecule has 1 atom stereocenters. The highest BCUT2D eigenvalue weighted by Crippen LogP contribution is 2.22. The van der Waals surface area contributed by atoms with Crippen molar-refractivity contribution in [1.82, 2.24) is 0 Å². The molecule has 82 valence electrons. The minimum Gasteiger partial charge on any atom is -0.501 e. The van der Waals surface area contributed by atoms with E-state index in [1.165, 1.54) is 0 Å². The smallest absolute Gasteiger partial charge is 0.153 e. The molecule has 0 aromatic carbocycles. The maximum Gasteiger partial charge on any atom is 0.153 e. The summed E-state index contributed by atoms with van der Waals surface area (Å²) in [6.45, 7) is 4.41. The maximum absolute atomic E-state index is 11.4. The fourth-order valence-corrected chi connectivity index (χ4v) is 3.49. The summed E-state index contributed by atoms with van der Waals surface area (Å²) >= 11 is 0. The fraction of sp³-hybridized carbons (Fsp3) is 0.800. The molecule has 0 amide bonds. The van der Waals surface area contributed by atoms with E-state index >= 15 is 0 Å². The van der Waals surface area contributed by atoms with Crippen LogP contribution in [0, 0.1) is 0 Å². The van der Waals surface area contributed by atoms with Crippen molar-refractivity contribution in [2.24, 2.45) is 0 Å². The number of allylic oxidation sites excluding steroid dienone is 1. The van der Waals surface area contributed by atoms with Gasteiger partial charge in [-0.3, -0.25) is 0 Å². The van der Waals surface area contributed by atoms with Crippen molar-refractivity contribution in [1.29, 1.82) is 0 Å². The molecule has 0 aromatic rings. The number of rotatable bonds is 4. The van der Waals surface area contributed by atoms with Crippen LogP contribution in [0.1, 0.15) is 33.1 Å². The summed E-state index contributed by atoms with van der Waals surface area (Å²) in [4.78, 5) is 0. The van der Waals surface area contributed by atoms with Crippen LogP contribution >= 0.6 is 0 Å². The van der Waals surface area contributed by atoms with E-state index in [0.29, 0.717) is 18.8 Å². The van der Waals surface area contributed by atoms with Gasteiger partial charge in [-0.25, -0.2) is 8.42 Å². The molecule has 1 aliphatic rings. The summed E-state index contributed by atoms with van der Waals surface area (Å²) in [6, 6.07) is 0. The minimum atomic E-state index is -2.79. The summed E-state index contributed by atoms with van der Waals surface area (Å²) in [5.74, 6) is 0.361. The summed E-state index contributed by atoms with van der Waals surface area (Å²) in [7, 11) is -2.79. The molecule has 1 unspecified atom stereocenters. The van der Waals surface area contributed by atoms with Crippen LogP contribution in [0.2, 0.25) is 0 Å². The second-order valence-electron chi connectivity index (χ2n) is 3.99. The second kappa shape index (κ2) is 4.82. The van der Waals surface area contributed by atoms with Gasteiger partial charge in [0.15, 0.2) is 9.84 Å². The third-order valence-corrected chi connectivity index (χ3v) is 4.68. The largest absolute Gasteiger partial charge is 0.501 e. The molecule has 1 aliphatic heterocycles. The lowest BCUT2D eigenvalue weighted by molar-refractivity contribution is 0.239. The highest BCUT2D eigenvalue weighted by Gasteiger charge is 2.30. The van der Waals surface area contributed by atoms with Crippen molar-refractivity contribution in [2.75, 3.05) is 12.4 Å². The zero-order chi connectivity index (χ0) is 10.6. The van der Waals surface area contributed by atoms with Gasteiger partial charge in [-0.15, -0.1) is 0 Å². The Morgan fingerprint density at radius 1 is 1.50 bits per heavy atom. The quantitative estimate of drug-likeness (QED) is 0.534. The van der Waals surface area contributed by atoms with E-state index in [1.54, 1.807) is 6.26 Å². The van der Waals surface area contributed by atoms with Crippen molar-refractivity contribution < 1.29 is 13.2 Å². The Balaban J connectivity index is 2.29. The highest BCUT2D eigenvalue weighted by molar-refractivity contribution is 7.92. The van der Waals surface area contributed by atoms with Crippen molar-refractivity contribution in [3.05, 3.63) is 11.8 Å². The summed E-state index contributed by atoms with van der Waals surface area (Å²) in [6.07, 6.45) is 3.93. The molecule has 0 N–H and O–H groups in total. The van der Waals surface area contributed by atoms with Gasteiger partial charge in [0.2, 0.25) is 0 Å². The first-order valence-electron chi connectivity index (χ1n) is 4.99. The molecule has 4 heteroatoms. The Morgan fingerprint density at radius 3 is 2.71 bits per heavy atom. The Morgan fingerprint density at radius 2 is 2.21 bits per heavy atom. The number of ether oxygens (including phenoxy) is 1. The maximum atomic E-state index is 11.4. The van der Waals surface area contributed by atoms with Crippen LogP contribution in [0.4, 0.5) is 0 Å². The molecule has 0 bridgehead atoms. The number of hydrogen-bond donors (Lipinski definition) is 0. The van der Waals surface area contributed by atoms with E-state index in [-0.39, 0.29) is 5.25 Å². The third-order valence-electron chi connectivity index (χ3n) is 2.34. The lowest BCUT2D eigenvalue weighted by Gasteiger charge is -2.08. The van der Waals surface area contributed by atoms with Gasteiger partial charge in [0.1, 0.15) is 0 Å². The zero-order valence-electron chi connectivity index (χ0n) is 8.82. The molecule has 0 aliphatic carbocycles. The first-order valence-corrected chi connectivity index (χ1v) is 6.70. The third kappa shape index (κ3) is 3.33. The standard InChI is InChI=1S/C10H18O3S/c1-9(2)8-13-6-5-10-4-3-7-14(10,11)12/h8,10H,3-7H2,1-2H3. The topological polar surface area (TPSA) is 43.4 Å². The van der Waals surface area contributed by atoms with E-state index in [0.717, 1.165) is 18.4 Å². The Hall–Kier alpha value is -0.510. The van der Waals surface area contributed by atoms with Crippen LogP contribution < -0.4 is 0 Å². The molecule has 14 heavy (non-hydrogen) atoms. The van der Waals surface area contributed by atoms with Gasteiger partial charge in [0.05, 0.1) is 23.9 Å². The molecular formula is C10H18O3S. The molecule has 0 radical (unpaired) electrons. The normalized spacial score (nSPS) is 24.6. The Bertz CT molecular complexity index is 299. The molecule has 0 saturated carbocycles. The fourth-order valence-electron chi connectivity index (χ4n) is 1.61. The summed E-state index contributed by atoms with van der Waals surface area (Å²) < 4.78 is 28.1. The van der Waals surface area contributed by atoms with Gasteiger partial charge in [0.25, 0.3) is 0 Å². The van der Waals surface area contributed by atoms with Crippen molar-refractivity contribution in [2.45, 2.75) is 38.4 Å². The van der Waals surface area contributed by atoms with Crippen LogP contribution in [0.5, 0.6) is 0 Å². The second-order valence-corrected chi connectivity index (χ2v) is 6.39. The number of hydrogen-bond acceptors (Lipinski definition) is 3. The van der Waals surface area contributed by atoms with E-state index < -0.39 is 9.84 Å². The predicted molar refractivity (Wildman–Crippen MR) is 56.8 cm³/mol. The predicted octanol–water partition coefficient (Wildman–Crippen LogP) is 1.89. The SMILES string of the molecule is CC(C)=COCCC1CCCS1(=O)=O. The van der Waals surface area contributed by atoms with Crippen molar-refractivity contribution in [3.63, 3.8) is 0 Å². The summed E-state index contributed by atoms with van der Waals surface area (Å²) in [5, 5.41) is -0.159. The number of sulfone groups is 1. The molecule has 1 rings (SSSR count). The zero-order valence-corrected chi connectivity index (χ0v) is 9.64. The van der Waals surface area contributed by atoms with Crippen LogP contribution in [0.3, 0.4) is 0 Å². The molecule has 1 fully saturated rings. The Labute approximate surface area is 86.1 Å². The molecular weight excluding hydrogens is 200 g/mol. The van der Waals surface area contributed by atoms with E-state index in [4.69, 9.17) is 4.74 Å².